The van der Waals surface area contributed by atoms with Gasteiger partial charge in [-0.25, -0.2) is 4.79 Å². The summed E-state index contributed by atoms with van der Waals surface area (Å²) in [5.74, 6) is -0.457. The van der Waals surface area contributed by atoms with E-state index in [1.807, 2.05) is 6.07 Å². The Balaban J connectivity index is 3.91. The maximum absolute atomic E-state index is 11.9. The van der Waals surface area contributed by atoms with Crippen molar-refractivity contribution in [3.8, 4) is 5.75 Å². The van der Waals surface area contributed by atoms with Crippen molar-refractivity contribution < 1.29 is 14.6 Å². The lowest BCUT2D eigenvalue weighted by atomic mass is 9.75. The molecule has 0 aliphatic carbocycles. The molecule has 1 unspecified atom stereocenters. The van der Waals surface area contributed by atoms with E-state index in [1.54, 1.807) is 14.0 Å². The number of ether oxygens (including phenoxy) is 1. The van der Waals surface area contributed by atoms with Gasteiger partial charge in [0.25, 0.3) is 0 Å². The van der Waals surface area contributed by atoms with Gasteiger partial charge in [-0.2, -0.15) is 0 Å². The molecule has 0 saturated carbocycles. The predicted molar refractivity (Wildman–Crippen MR) is 94.2 cm³/mol. The first-order valence-electron chi connectivity index (χ1n) is 8.04. The maximum atomic E-state index is 11.9. The molecule has 0 bridgehead atoms. The molecule has 0 heterocycles. The molecule has 1 atom stereocenters. The zero-order chi connectivity index (χ0) is 18.2. The van der Waals surface area contributed by atoms with Gasteiger partial charge in [-0.1, -0.05) is 54.5 Å². The van der Waals surface area contributed by atoms with Crippen molar-refractivity contribution in [2.45, 2.75) is 71.3 Å². The van der Waals surface area contributed by atoms with Gasteiger partial charge in [0.2, 0.25) is 0 Å². The lowest BCUT2D eigenvalue weighted by Gasteiger charge is -2.33. The zero-order valence-electron chi connectivity index (χ0n) is 15.7. The average Bonchev–Trinajstić information content (AvgIpc) is 2.42. The van der Waals surface area contributed by atoms with Crippen LogP contribution in [0.3, 0.4) is 0 Å². The Kier molecular flexibility index (Phi) is 5.22. The third kappa shape index (κ3) is 3.69. The number of benzene rings is 1. The second-order valence-corrected chi connectivity index (χ2v) is 8.23. The van der Waals surface area contributed by atoms with E-state index >= 15 is 0 Å². The van der Waals surface area contributed by atoms with Crippen LogP contribution in [-0.2, 0) is 21.2 Å². The summed E-state index contributed by atoms with van der Waals surface area (Å²) in [6.45, 7) is 14.4. The van der Waals surface area contributed by atoms with E-state index in [9.17, 15) is 9.90 Å². The number of hydrogen-bond donors (Lipinski definition) is 2. The molecule has 3 N–H and O–H groups in total. The van der Waals surface area contributed by atoms with Gasteiger partial charge < -0.3 is 15.6 Å². The van der Waals surface area contributed by atoms with Crippen LogP contribution in [0.2, 0.25) is 0 Å². The summed E-state index contributed by atoms with van der Waals surface area (Å²) < 4.78 is 5.63. The van der Waals surface area contributed by atoms with Crippen molar-refractivity contribution in [3.05, 3.63) is 28.8 Å². The molecule has 0 aliphatic heterocycles. The van der Waals surface area contributed by atoms with Gasteiger partial charge in [-0.05, 0) is 28.9 Å². The van der Waals surface area contributed by atoms with Gasteiger partial charge in [0.15, 0.2) is 0 Å². The molecule has 4 heteroatoms. The van der Waals surface area contributed by atoms with Gasteiger partial charge in [0.05, 0.1) is 7.11 Å². The highest BCUT2D eigenvalue weighted by Gasteiger charge is 2.39. The van der Waals surface area contributed by atoms with E-state index < -0.39 is 11.5 Å². The van der Waals surface area contributed by atoms with Crippen molar-refractivity contribution in [3.63, 3.8) is 0 Å². The summed E-state index contributed by atoms with van der Waals surface area (Å²) in [6.07, 6.45) is 0.288. The van der Waals surface area contributed by atoms with Crippen molar-refractivity contribution in [1.29, 1.82) is 0 Å². The first kappa shape index (κ1) is 19.5. The molecular formula is C19H31NO3. The highest BCUT2D eigenvalue weighted by molar-refractivity contribution is 5.82. The molecule has 1 rings (SSSR count). The Morgan fingerprint density at radius 2 is 1.57 bits per heavy atom. The summed E-state index contributed by atoms with van der Waals surface area (Å²) >= 11 is 0. The lowest BCUT2D eigenvalue weighted by Crippen LogP contribution is -2.45. The van der Waals surface area contributed by atoms with Crippen molar-refractivity contribution in [1.82, 2.24) is 0 Å². The number of carboxylic acids is 1. The topological polar surface area (TPSA) is 72.6 Å². The van der Waals surface area contributed by atoms with E-state index in [0.29, 0.717) is 11.3 Å². The van der Waals surface area contributed by atoms with Gasteiger partial charge in [0.1, 0.15) is 11.3 Å². The van der Waals surface area contributed by atoms with Gasteiger partial charge >= 0.3 is 5.97 Å². The summed E-state index contributed by atoms with van der Waals surface area (Å²) in [6, 6.07) is 4.01. The maximum Gasteiger partial charge on any atom is 0.328 e. The van der Waals surface area contributed by atoms with Gasteiger partial charge in [-0.15, -0.1) is 0 Å². The van der Waals surface area contributed by atoms with Crippen LogP contribution in [0.15, 0.2) is 12.1 Å². The SMILES string of the molecule is CCC(N)(C(=O)O)c1cc(C(C)(C)C)cc(C(C)(C)C)c1OC. The van der Waals surface area contributed by atoms with Crippen molar-refractivity contribution in [2.24, 2.45) is 5.73 Å². The number of nitrogens with two attached hydrogens (primary N) is 1. The van der Waals surface area contributed by atoms with E-state index in [4.69, 9.17) is 10.5 Å². The summed E-state index contributed by atoms with van der Waals surface area (Å²) in [7, 11) is 1.57. The second-order valence-electron chi connectivity index (χ2n) is 8.23. The molecule has 0 aromatic heterocycles. The largest absolute Gasteiger partial charge is 0.496 e. The van der Waals surface area contributed by atoms with Crippen LogP contribution in [0, 0.1) is 0 Å². The molecule has 130 valence electrons. The first-order valence-corrected chi connectivity index (χ1v) is 8.04. The van der Waals surface area contributed by atoms with Crippen LogP contribution >= 0.6 is 0 Å². The molecule has 1 aromatic rings. The molecule has 0 aliphatic rings. The molecule has 0 radical (unpaired) electrons. The predicted octanol–water partition coefficient (Wildman–Crippen LogP) is 3.94. The van der Waals surface area contributed by atoms with Crippen LogP contribution < -0.4 is 10.5 Å². The Hall–Kier alpha value is -1.55. The minimum Gasteiger partial charge on any atom is -0.496 e. The fraction of sp³-hybridized carbons (Fsp3) is 0.632. The van der Waals surface area contributed by atoms with Crippen LogP contribution in [0.4, 0.5) is 0 Å². The summed E-state index contributed by atoms with van der Waals surface area (Å²) in [5, 5.41) is 9.71. The molecule has 4 nitrogen and oxygen atoms in total. The van der Waals surface area contributed by atoms with Crippen LogP contribution in [0.1, 0.15) is 71.6 Å². The Bertz CT molecular complexity index is 594. The molecular weight excluding hydrogens is 290 g/mol. The smallest absolute Gasteiger partial charge is 0.328 e. The van der Waals surface area contributed by atoms with Crippen molar-refractivity contribution >= 4 is 5.97 Å². The normalized spacial score (nSPS) is 15.2. The highest BCUT2D eigenvalue weighted by atomic mass is 16.5. The van der Waals surface area contributed by atoms with E-state index in [-0.39, 0.29) is 17.3 Å². The molecule has 1 aromatic carbocycles. The lowest BCUT2D eigenvalue weighted by molar-refractivity contribution is -0.144. The van der Waals surface area contributed by atoms with Crippen LogP contribution in [0.5, 0.6) is 5.75 Å². The average molecular weight is 321 g/mol. The standard InChI is InChI=1S/C19H31NO3/c1-9-19(20,16(21)22)14-11-12(17(2,3)4)10-13(15(14)23-8)18(5,6)7/h10-11H,9,20H2,1-8H3,(H,21,22). The number of carboxylic acid groups (broad SMARTS) is 1. The van der Waals surface area contributed by atoms with Gasteiger partial charge in [-0.3, -0.25) is 0 Å². The van der Waals surface area contributed by atoms with Crippen molar-refractivity contribution in [2.75, 3.05) is 7.11 Å². The van der Waals surface area contributed by atoms with Gasteiger partial charge in [0, 0.05) is 11.1 Å². The van der Waals surface area contributed by atoms with Crippen LogP contribution in [-0.4, -0.2) is 18.2 Å². The Morgan fingerprint density at radius 3 is 1.87 bits per heavy atom. The third-order valence-corrected chi connectivity index (χ3v) is 4.39. The number of methoxy groups -OCH3 is 1. The number of aliphatic carboxylic acids is 1. The minimum atomic E-state index is -1.47. The number of hydrogen-bond acceptors (Lipinski definition) is 3. The monoisotopic (exact) mass is 321 g/mol. The molecule has 0 spiro atoms. The first-order chi connectivity index (χ1) is 10.3. The zero-order valence-corrected chi connectivity index (χ0v) is 15.7. The Morgan fingerprint density at radius 1 is 1.09 bits per heavy atom. The Labute approximate surface area is 140 Å². The second kappa shape index (κ2) is 6.16. The highest BCUT2D eigenvalue weighted by Crippen LogP contribution is 2.42. The van der Waals surface area contributed by atoms with Crippen LogP contribution in [0.25, 0.3) is 0 Å². The summed E-state index contributed by atoms with van der Waals surface area (Å²) in [4.78, 5) is 11.9. The molecule has 0 fully saturated rings. The molecule has 23 heavy (non-hydrogen) atoms. The fourth-order valence-corrected chi connectivity index (χ4v) is 2.63. The fourth-order valence-electron chi connectivity index (χ4n) is 2.63. The van der Waals surface area contributed by atoms with E-state index in [0.717, 1.165) is 11.1 Å². The minimum absolute atomic E-state index is 0.117. The van der Waals surface area contributed by atoms with E-state index in [2.05, 4.69) is 47.6 Å². The quantitative estimate of drug-likeness (QED) is 0.881. The summed E-state index contributed by atoms with van der Waals surface area (Å²) in [5.41, 5.74) is 7.10. The third-order valence-electron chi connectivity index (χ3n) is 4.39. The number of rotatable bonds is 4. The number of carbonyl (C=O) groups is 1. The molecule has 0 saturated heterocycles. The molecule has 0 amide bonds. The van der Waals surface area contributed by atoms with E-state index in [1.165, 1.54) is 0 Å².